The molecule has 6 rings (SSSR count). The van der Waals surface area contributed by atoms with Crippen LogP contribution in [0.3, 0.4) is 0 Å². The molecule has 8 N–H and O–H groups in total. The fraction of sp³-hybridized carbons (Fsp3) is 0.111. The number of hydrogen-bond donors (Lipinski definition) is 8. The number of aliphatic hydroxyl groups is 2. The van der Waals surface area contributed by atoms with E-state index >= 15 is 0 Å². The van der Waals surface area contributed by atoms with Gasteiger partial charge < -0.3 is 19.3 Å². The predicted octanol–water partition coefficient (Wildman–Crippen LogP) is -5.64. The van der Waals surface area contributed by atoms with Crippen molar-refractivity contribution in [2.45, 2.75) is 9.79 Å². The normalized spacial score (nSPS) is 13.8. The third-order valence-corrected chi connectivity index (χ3v) is 9.40. The van der Waals surface area contributed by atoms with Crippen molar-refractivity contribution in [3.8, 4) is 0 Å². The van der Waals surface area contributed by atoms with E-state index in [0.29, 0.717) is 11.4 Å². The molecule has 4 aromatic carbocycles. The van der Waals surface area contributed by atoms with Crippen LogP contribution in [0.25, 0.3) is 12.2 Å². The largest absolute Gasteiger partial charge is 1.00 e. The average molecular weight is 905 g/mol. The molecule has 0 unspecified atom stereocenters. The number of nitrogens with one attached hydrogen (secondary N) is 6. The summed E-state index contributed by atoms with van der Waals surface area (Å²) in [5.41, 5.74) is 1.87. The topological polar surface area (TPSA) is 324 Å². The Balaban J connectivity index is 0.00000397. The van der Waals surface area contributed by atoms with Gasteiger partial charge in [0, 0.05) is 0 Å². The summed E-state index contributed by atoms with van der Waals surface area (Å²) in [4.78, 5) is 42.1. The number of benzene rings is 4. The molecule has 0 aliphatic rings. The molecule has 0 fully saturated rings. The van der Waals surface area contributed by atoms with Gasteiger partial charge in [-0.15, -0.1) is 0 Å². The number of hydrogen-bond acceptors (Lipinski definition) is 14. The van der Waals surface area contributed by atoms with E-state index in [2.05, 4.69) is 59.9 Å². The van der Waals surface area contributed by atoms with Crippen LogP contribution in [0.15, 0.2) is 137 Å². The minimum atomic E-state index is -5.12. The molecule has 2 aromatic heterocycles. The molecule has 300 valence electrons. The van der Waals surface area contributed by atoms with E-state index in [0.717, 1.165) is 12.1 Å². The summed E-state index contributed by atoms with van der Waals surface area (Å²) in [6, 6.07) is 25.3. The number of H-pyrrole nitrogens is 6. The Bertz CT molecular complexity index is 2910. The second-order valence-electron chi connectivity index (χ2n) is 11.9. The van der Waals surface area contributed by atoms with Gasteiger partial charge in [0.05, 0.1) is 58.8 Å². The molecule has 0 spiro atoms. The molecule has 0 atom stereocenters. The second-order valence-corrected chi connectivity index (χ2v) is 14.6. The van der Waals surface area contributed by atoms with Crippen molar-refractivity contribution >= 4 is 55.1 Å². The maximum Gasteiger partial charge on any atom is 1.00 e. The zero-order valence-electron chi connectivity index (χ0n) is 32.1. The molecule has 0 aliphatic carbocycles. The van der Waals surface area contributed by atoms with Gasteiger partial charge in [-0.3, -0.25) is 39.9 Å². The van der Waals surface area contributed by atoms with Gasteiger partial charge in [0.15, 0.2) is 0 Å². The summed E-state index contributed by atoms with van der Waals surface area (Å²) in [6.07, 6.45) is 2.35. The molecule has 0 bridgehead atoms. The van der Waals surface area contributed by atoms with E-state index in [4.69, 9.17) is 0 Å². The van der Waals surface area contributed by atoms with E-state index in [-0.39, 0.29) is 185 Å². The first-order chi connectivity index (χ1) is 27.9. The molecule has 0 aliphatic heterocycles. The van der Waals surface area contributed by atoms with E-state index in [9.17, 15) is 36.2 Å². The molecular weight excluding hydrogens is 871 g/mol. The fourth-order valence-corrected chi connectivity index (χ4v) is 6.54. The van der Waals surface area contributed by atoms with Crippen molar-refractivity contribution in [2.75, 3.05) is 26.3 Å². The summed E-state index contributed by atoms with van der Waals surface area (Å²) in [6.45, 7) is -0.373. The Morgan fingerprint density at radius 1 is 0.467 bits per heavy atom. The second kappa shape index (κ2) is 23.1. The van der Waals surface area contributed by atoms with E-state index < -0.39 is 30.0 Å². The van der Waals surface area contributed by atoms with Gasteiger partial charge in [-0.05, 0) is 59.7 Å². The van der Waals surface area contributed by atoms with Gasteiger partial charge in [-0.2, -0.15) is 0 Å². The van der Waals surface area contributed by atoms with Crippen LogP contribution in [-0.4, -0.2) is 92.4 Å². The number of aromatic amines is 6. The monoisotopic (exact) mass is 904 g/mol. The SMILES string of the molecule is O=S(=O)([O-])c1cc(N=c2[nH]c(=NCCO)[nH]c(=Nc3ccccc3)[nH]2)ccc1/C=C/c1ccc(N=c2[nH]c(=NCCO)[nH]c(=Nc3ccccc3)[nH]2)cc1S(=O)(=O)[O-].[K+].[K+]. The minimum absolute atomic E-state index is 0. The molecule has 0 saturated heterocycles. The summed E-state index contributed by atoms with van der Waals surface area (Å²) in [7, 11) is -10.2. The maximum absolute atomic E-state index is 12.5. The van der Waals surface area contributed by atoms with Crippen molar-refractivity contribution in [3.05, 3.63) is 142 Å². The van der Waals surface area contributed by atoms with Crippen molar-refractivity contribution in [1.82, 2.24) is 29.9 Å². The Hall–Kier alpha value is -3.55. The van der Waals surface area contributed by atoms with Crippen LogP contribution in [-0.2, 0) is 20.2 Å². The van der Waals surface area contributed by atoms with E-state index in [1.165, 1.54) is 36.4 Å². The standard InChI is InChI=1S/C36H36N12O8S2.2K/c49-19-17-37-31-43-33(39-25-7-3-1-4-8-25)47-35(45-31)41-27-15-13-23(29(21-27)57(51,52)53)11-12-24-14-16-28(22-30(24)58(54,55)56)42-36-46-32(38-18-20-50)44-34(48-36)40-26-9-5-2-6-10-26;;/h1-16,21-22,49-50H,17-20H2,(H,51,52,53)(H,54,55,56)(H3,37,39,41,43,45,47)(H3,38,40,42,44,46,48);;/q;2*+1/p-2/b12-11+;;. The van der Waals surface area contributed by atoms with Gasteiger partial charge in [0.25, 0.3) is 0 Å². The van der Waals surface area contributed by atoms with E-state index in [1.54, 1.807) is 48.5 Å². The third-order valence-electron chi connectivity index (χ3n) is 7.61. The van der Waals surface area contributed by atoms with Crippen LogP contribution >= 0.6 is 0 Å². The Kier molecular flexibility index (Phi) is 18.9. The molecule has 6 aromatic rings. The number of para-hydroxylation sites is 2. The number of rotatable bonds is 12. The van der Waals surface area contributed by atoms with Crippen molar-refractivity contribution in [2.24, 2.45) is 30.0 Å². The fourth-order valence-electron chi connectivity index (χ4n) is 5.16. The zero-order chi connectivity index (χ0) is 41.1. The molecule has 24 heteroatoms. The van der Waals surface area contributed by atoms with Gasteiger partial charge >= 0.3 is 103 Å². The smallest absolute Gasteiger partial charge is 0.744 e. The molecule has 20 nitrogen and oxygen atoms in total. The van der Waals surface area contributed by atoms with E-state index in [1.807, 2.05) is 12.1 Å². The molecule has 0 amide bonds. The van der Waals surface area contributed by atoms with Crippen molar-refractivity contribution in [1.29, 1.82) is 0 Å². The maximum atomic E-state index is 12.5. The molecule has 2 heterocycles. The summed E-state index contributed by atoms with van der Waals surface area (Å²) >= 11 is 0. The van der Waals surface area contributed by atoms with Gasteiger partial charge in [-0.1, -0.05) is 60.7 Å². The van der Waals surface area contributed by atoms with Crippen LogP contribution < -0.4 is 136 Å². The average Bonchev–Trinajstić information content (AvgIpc) is 3.19. The Morgan fingerprint density at radius 3 is 1.10 bits per heavy atom. The number of aromatic nitrogens is 6. The minimum Gasteiger partial charge on any atom is -0.744 e. The molecule has 0 saturated carbocycles. The zero-order valence-corrected chi connectivity index (χ0v) is 39.9. The van der Waals surface area contributed by atoms with Gasteiger partial charge in [0.2, 0.25) is 33.7 Å². The number of aliphatic hydroxyl groups excluding tert-OH is 2. The molecule has 60 heavy (non-hydrogen) atoms. The summed E-state index contributed by atoms with van der Waals surface area (Å²) < 4.78 is 74.7. The molecule has 0 radical (unpaired) electrons. The van der Waals surface area contributed by atoms with Gasteiger partial charge in [-0.25, -0.2) is 36.8 Å². The van der Waals surface area contributed by atoms with Crippen LogP contribution in [0.1, 0.15) is 11.1 Å². The van der Waals surface area contributed by atoms with Crippen LogP contribution in [0, 0.1) is 0 Å². The number of nitrogens with zero attached hydrogens (tertiary/aromatic N) is 6. The summed E-state index contributed by atoms with van der Waals surface area (Å²) in [5, 5.41) is 18.5. The first-order valence-corrected chi connectivity index (χ1v) is 19.9. The molecular formula is C36H34K2N12O8S2. The Labute approximate surface area is 426 Å². The summed E-state index contributed by atoms with van der Waals surface area (Å²) in [5.74, 6) is 0. The Morgan fingerprint density at radius 2 is 0.783 bits per heavy atom. The van der Waals surface area contributed by atoms with Crippen molar-refractivity contribution in [3.63, 3.8) is 0 Å². The van der Waals surface area contributed by atoms with Crippen molar-refractivity contribution < 1.29 is 139 Å². The van der Waals surface area contributed by atoms with Crippen LogP contribution in [0.5, 0.6) is 0 Å². The van der Waals surface area contributed by atoms with Crippen LogP contribution in [0.4, 0.5) is 22.7 Å². The third kappa shape index (κ3) is 14.5. The first-order valence-electron chi connectivity index (χ1n) is 17.1. The first kappa shape index (κ1) is 49.1. The van der Waals surface area contributed by atoms with Crippen LogP contribution in [0.2, 0.25) is 0 Å². The quantitative estimate of drug-likeness (QED) is 0.0332. The van der Waals surface area contributed by atoms with Gasteiger partial charge in [0.1, 0.15) is 20.2 Å². The predicted molar refractivity (Wildman–Crippen MR) is 206 cm³/mol.